The van der Waals surface area contributed by atoms with Gasteiger partial charge in [0.1, 0.15) is 11.5 Å². The molecule has 0 aromatic heterocycles. The van der Waals surface area contributed by atoms with Gasteiger partial charge in [-0.25, -0.2) is 0 Å². The summed E-state index contributed by atoms with van der Waals surface area (Å²) in [6.07, 6.45) is 0. The summed E-state index contributed by atoms with van der Waals surface area (Å²) in [5.41, 5.74) is 3.23. The Balaban J connectivity index is 2.29. The van der Waals surface area contributed by atoms with E-state index in [2.05, 4.69) is 31.9 Å². The quantitative estimate of drug-likeness (QED) is 0.537. The smallest absolute Gasteiger partial charge is 0.128 e. The third kappa shape index (κ3) is 3.53. The molecule has 0 spiro atoms. The highest BCUT2D eigenvalue weighted by Gasteiger charge is 2.06. The average molecular weight is 405 g/mol. The maximum Gasteiger partial charge on any atom is 0.128 e. The predicted octanol–water partition coefficient (Wildman–Crippen LogP) is 6.41. The van der Waals surface area contributed by atoms with E-state index in [-0.39, 0.29) is 0 Å². The van der Waals surface area contributed by atoms with Crippen LogP contribution < -0.4 is 4.74 Å². The van der Waals surface area contributed by atoms with Crippen LogP contribution in [0.15, 0.2) is 34.8 Å². The highest BCUT2D eigenvalue weighted by Crippen LogP contribution is 2.31. The van der Waals surface area contributed by atoms with Crippen molar-refractivity contribution in [1.82, 2.24) is 0 Å². The lowest BCUT2D eigenvalue weighted by molar-refractivity contribution is 0.481. The lowest BCUT2D eigenvalue weighted by atomic mass is 10.1. The van der Waals surface area contributed by atoms with Gasteiger partial charge in [-0.15, -0.1) is 0 Å². The van der Waals surface area contributed by atoms with Crippen LogP contribution in [0.4, 0.5) is 0 Å². The standard InChI is InChI=1S/C15H13Br2ClO/c1-9-5-13(6-10(2)15(9)18)19-12-4-3-11(8-16)14(17)7-12/h3-7H,8H2,1-2H3. The van der Waals surface area contributed by atoms with Gasteiger partial charge in [0.2, 0.25) is 0 Å². The van der Waals surface area contributed by atoms with Crippen LogP contribution in [0.3, 0.4) is 0 Å². The van der Waals surface area contributed by atoms with Gasteiger partial charge in [0, 0.05) is 14.8 Å². The van der Waals surface area contributed by atoms with Crippen LogP contribution in [-0.2, 0) is 5.33 Å². The fourth-order valence-electron chi connectivity index (χ4n) is 1.80. The van der Waals surface area contributed by atoms with E-state index in [0.29, 0.717) is 0 Å². The van der Waals surface area contributed by atoms with Crippen LogP contribution in [-0.4, -0.2) is 0 Å². The molecule has 4 heteroatoms. The number of aryl methyl sites for hydroxylation is 2. The minimum Gasteiger partial charge on any atom is -0.457 e. The van der Waals surface area contributed by atoms with Crippen LogP contribution >= 0.6 is 43.5 Å². The highest BCUT2D eigenvalue weighted by molar-refractivity contribution is 9.10. The summed E-state index contributed by atoms with van der Waals surface area (Å²) in [5, 5.41) is 1.61. The van der Waals surface area contributed by atoms with Crippen molar-refractivity contribution >= 4 is 43.5 Å². The van der Waals surface area contributed by atoms with Crippen molar-refractivity contribution in [3.8, 4) is 11.5 Å². The summed E-state index contributed by atoms with van der Waals surface area (Å²) < 4.78 is 6.90. The molecule has 0 unspecified atom stereocenters. The number of hydrogen-bond acceptors (Lipinski definition) is 1. The number of benzene rings is 2. The monoisotopic (exact) mass is 402 g/mol. The van der Waals surface area contributed by atoms with Gasteiger partial charge in [0.25, 0.3) is 0 Å². The topological polar surface area (TPSA) is 9.23 Å². The van der Waals surface area contributed by atoms with E-state index in [1.807, 2.05) is 44.2 Å². The number of alkyl halides is 1. The fourth-order valence-corrected chi connectivity index (χ4v) is 3.27. The molecule has 100 valence electrons. The molecule has 2 aromatic carbocycles. The summed E-state index contributed by atoms with van der Waals surface area (Å²) in [4.78, 5) is 0. The Labute approximate surface area is 135 Å². The van der Waals surface area contributed by atoms with Crippen LogP contribution in [0.5, 0.6) is 11.5 Å². The third-order valence-corrected chi connectivity index (χ3v) is 4.75. The van der Waals surface area contributed by atoms with Crippen LogP contribution in [0.1, 0.15) is 16.7 Å². The van der Waals surface area contributed by atoms with Crippen molar-refractivity contribution in [3.05, 3.63) is 56.5 Å². The minimum atomic E-state index is 0.795. The number of rotatable bonds is 3. The first-order valence-electron chi connectivity index (χ1n) is 5.80. The highest BCUT2D eigenvalue weighted by atomic mass is 79.9. The van der Waals surface area contributed by atoms with Crippen molar-refractivity contribution < 1.29 is 4.74 Å². The van der Waals surface area contributed by atoms with E-state index >= 15 is 0 Å². The second-order valence-corrected chi connectivity index (χ2v) is 6.15. The first-order valence-corrected chi connectivity index (χ1v) is 8.09. The summed E-state index contributed by atoms with van der Waals surface area (Å²) in [5.74, 6) is 1.61. The molecule has 0 N–H and O–H groups in total. The Bertz CT molecular complexity index is 588. The molecule has 0 fully saturated rings. The van der Waals surface area contributed by atoms with E-state index in [4.69, 9.17) is 16.3 Å². The summed E-state index contributed by atoms with van der Waals surface area (Å²) in [6, 6.07) is 9.85. The van der Waals surface area contributed by atoms with E-state index in [9.17, 15) is 0 Å². The first kappa shape index (κ1) is 14.9. The molecule has 0 saturated carbocycles. The maximum absolute atomic E-state index is 6.15. The summed E-state index contributed by atoms with van der Waals surface area (Å²) in [7, 11) is 0. The summed E-state index contributed by atoms with van der Waals surface area (Å²) in [6.45, 7) is 3.96. The largest absolute Gasteiger partial charge is 0.457 e. The Hall–Kier alpha value is -0.510. The molecule has 19 heavy (non-hydrogen) atoms. The molecule has 0 bridgehead atoms. The van der Waals surface area contributed by atoms with Gasteiger partial charge < -0.3 is 4.74 Å². The van der Waals surface area contributed by atoms with Gasteiger partial charge in [-0.2, -0.15) is 0 Å². The van der Waals surface area contributed by atoms with E-state index in [1.54, 1.807) is 0 Å². The van der Waals surface area contributed by atoms with Crippen molar-refractivity contribution in [1.29, 1.82) is 0 Å². The molecular weight excluding hydrogens is 391 g/mol. The van der Waals surface area contributed by atoms with Gasteiger partial charge in [-0.3, -0.25) is 0 Å². The molecule has 0 atom stereocenters. The van der Waals surface area contributed by atoms with Gasteiger partial charge >= 0.3 is 0 Å². The molecule has 0 aliphatic carbocycles. The van der Waals surface area contributed by atoms with Gasteiger partial charge in [-0.05, 0) is 54.8 Å². The van der Waals surface area contributed by atoms with Crippen molar-refractivity contribution in [3.63, 3.8) is 0 Å². The Morgan fingerprint density at radius 1 is 1.05 bits per heavy atom. The second kappa shape index (κ2) is 6.29. The van der Waals surface area contributed by atoms with E-state index < -0.39 is 0 Å². The molecule has 0 heterocycles. The number of hydrogen-bond donors (Lipinski definition) is 0. The van der Waals surface area contributed by atoms with Gasteiger partial charge in [-0.1, -0.05) is 49.5 Å². The maximum atomic E-state index is 6.15. The Morgan fingerprint density at radius 3 is 2.21 bits per heavy atom. The zero-order valence-corrected chi connectivity index (χ0v) is 14.6. The molecule has 0 saturated heterocycles. The predicted molar refractivity (Wildman–Crippen MR) is 87.8 cm³/mol. The molecule has 0 amide bonds. The molecule has 2 aromatic rings. The first-order chi connectivity index (χ1) is 9.01. The lowest BCUT2D eigenvalue weighted by Crippen LogP contribution is -1.89. The summed E-state index contributed by atoms with van der Waals surface area (Å²) >= 11 is 13.1. The van der Waals surface area contributed by atoms with Crippen molar-refractivity contribution in [2.75, 3.05) is 0 Å². The normalized spacial score (nSPS) is 10.6. The van der Waals surface area contributed by atoms with Crippen molar-refractivity contribution in [2.45, 2.75) is 19.2 Å². The zero-order valence-electron chi connectivity index (χ0n) is 10.6. The molecule has 0 radical (unpaired) electrons. The lowest BCUT2D eigenvalue weighted by Gasteiger charge is -2.11. The molecular formula is C15H13Br2ClO. The fraction of sp³-hybridized carbons (Fsp3) is 0.200. The van der Waals surface area contributed by atoms with Crippen LogP contribution in [0.2, 0.25) is 5.02 Å². The number of ether oxygens (including phenoxy) is 1. The SMILES string of the molecule is Cc1cc(Oc2ccc(CBr)c(Br)c2)cc(C)c1Cl. The average Bonchev–Trinajstić information content (AvgIpc) is 2.36. The zero-order chi connectivity index (χ0) is 14.0. The van der Waals surface area contributed by atoms with Gasteiger partial charge in [0.05, 0.1) is 0 Å². The Morgan fingerprint density at radius 2 is 1.68 bits per heavy atom. The molecule has 0 aliphatic heterocycles. The Kier molecular flexibility index (Phi) is 4.93. The number of halogens is 3. The van der Waals surface area contributed by atoms with Crippen LogP contribution in [0.25, 0.3) is 0 Å². The molecule has 2 rings (SSSR count). The molecule has 1 nitrogen and oxygen atoms in total. The van der Waals surface area contributed by atoms with E-state index in [0.717, 1.165) is 37.5 Å². The van der Waals surface area contributed by atoms with E-state index in [1.165, 1.54) is 5.56 Å². The molecule has 0 aliphatic rings. The van der Waals surface area contributed by atoms with Crippen LogP contribution in [0, 0.1) is 13.8 Å². The van der Waals surface area contributed by atoms with Crippen molar-refractivity contribution in [2.24, 2.45) is 0 Å². The second-order valence-electron chi connectivity index (χ2n) is 4.36. The minimum absolute atomic E-state index is 0.795. The third-order valence-electron chi connectivity index (χ3n) is 2.81. The van der Waals surface area contributed by atoms with Gasteiger partial charge in [0.15, 0.2) is 0 Å².